The minimum atomic E-state index is -0.143. The monoisotopic (exact) mass is 370 g/mol. The Morgan fingerprint density at radius 3 is 2.86 bits per heavy atom. The molecule has 1 aliphatic rings. The van der Waals surface area contributed by atoms with Crippen molar-refractivity contribution in [2.24, 2.45) is 5.10 Å². The van der Waals surface area contributed by atoms with E-state index in [4.69, 9.17) is 39.8 Å². The molecule has 0 N–H and O–H groups in total. The van der Waals surface area contributed by atoms with Gasteiger partial charge in [0.15, 0.2) is 4.32 Å². The van der Waals surface area contributed by atoms with Gasteiger partial charge in [-0.2, -0.15) is 10.1 Å². The molecular formula is C14H8Cl2N2O2S2. The first-order chi connectivity index (χ1) is 10.6. The van der Waals surface area contributed by atoms with Crippen molar-refractivity contribution >= 4 is 63.6 Å². The Morgan fingerprint density at radius 1 is 1.32 bits per heavy atom. The Balaban J connectivity index is 1.84. The van der Waals surface area contributed by atoms with E-state index in [-0.39, 0.29) is 5.91 Å². The van der Waals surface area contributed by atoms with Gasteiger partial charge in [-0.05, 0) is 24.3 Å². The van der Waals surface area contributed by atoms with Gasteiger partial charge in [0.05, 0.1) is 22.0 Å². The predicted molar refractivity (Wildman–Crippen MR) is 93.7 cm³/mol. The fourth-order valence-electron chi connectivity index (χ4n) is 1.83. The average Bonchev–Trinajstić information content (AvgIpc) is 3.08. The van der Waals surface area contributed by atoms with Gasteiger partial charge in [0.2, 0.25) is 0 Å². The van der Waals surface area contributed by atoms with E-state index >= 15 is 0 Å². The molecule has 0 spiro atoms. The van der Waals surface area contributed by atoms with Crippen molar-refractivity contribution in [2.45, 2.75) is 0 Å². The number of benzene rings is 1. The molecule has 3 rings (SSSR count). The van der Waals surface area contributed by atoms with E-state index in [0.29, 0.717) is 37.2 Å². The maximum Gasteiger partial charge on any atom is 0.259 e. The number of rotatable bonds is 3. The summed E-state index contributed by atoms with van der Waals surface area (Å²) in [6, 6.07) is 8.79. The number of nitrogens with zero attached hydrogens (tertiary/aromatic N) is 2. The van der Waals surface area contributed by atoms with Gasteiger partial charge in [-0.25, -0.2) is 0 Å². The summed E-state index contributed by atoms with van der Waals surface area (Å²) in [6.45, 7) is 0. The Labute approximate surface area is 146 Å². The van der Waals surface area contributed by atoms with E-state index in [1.54, 1.807) is 24.3 Å². The molecule has 1 saturated heterocycles. The van der Waals surface area contributed by atoms with Crippen LogP contribution < -0.4 is 0 Å². The maximum atomic E-state index is 11.6. The summed E-state index contributed by atoms with van der Waals surface area (Å²) < 4.78 is 6.09. The van der Waals surface area contributed by atoms with Crippen molar-refractivity contribution in [1.82, 2.24) is 5.01 Å². The molecule has 4 nitrogen and oxygen atoms in total. The number of thiocarbonyl (C=S) groups is 1. The van der Waals surface area contributed by atoms with Crippen LogP contribution in [-0.2, 0) is 4.79 Å². The first-order valence-corrected chi connectivity index (χ1v) is 8.29. The number of carbonyl (C=O) groups is 1. The Morgan fingerprint density at radius 2 is 2.14 bits per heavy atom. The Hall–Kier alpha value is -1.34. The van der Waals surface area contributed by atoms with Gasteiger partial charge >= 0.3 is 0 Å². The summed E-state index contributed by atoms with van der Waals surface area (Å²) in [5.41, 5.74) is 0.692. The van der Waals surface area contributed by atoms with Gasteiger partial charge in [0, 0.05) is 5.56 Å². The fraction of sp³-hybridized carbons (Fsp3) is 0.0714. The van der Waals surface area contributed by atoms with Crippen LogP contribution >= 0.6 is 47.2 Å². The second kappa shape index (κ2) is 6.42. The zero-order valence-electron chi connectivity index (χ0n) is 11.0. The molecule has 22 heavy (non-hydrogen) atoms. The van der Waals surface area contributed by atoms with Gasteiger partial charge < -0.3 is 4.42 Å². The molecule has 1 aliphatic heterocycles. The first kappa shape index (κ1) is 15.6. The van der Waals surface area contributed by atoms with Crippen molar-refractivity contribution in [2.75, 3.05) is 5.75 Å². The minimum Gasteiger partial charge on any atom is -0.455 e. The lowest BCUT2D eigenvalue weighted by Crippen LogP contribution is -2.22. The third-order valence-corrected chi connectivity index (χ3v) is 5.03. The second-order valence-corrected chi connectivity index (χ2v) is 6.70. The highest BCUT2D eigenvalue weighted by Gasteiger charge is 2.26. The summed E-state index contributed by atoms with van der Waals surface area (Å²) in [5.74, 6) is 1.23. The lowest BCUT2D eigenvalue weighted by atomic mass is 10.2. The predicted octanol–water partition coefficient (Wildman–Crippen LogP) is 4.45. The van der Waals surface area contributed by atoms with Crippen molar-refractivity contribution in [3.63, 3.8) is 0 Å². The largest absolute Gasteiger partial charge is 0.455 e. The number of thioether (sulfide) groups is 1. The van der Waals surface area contributed by atoms with Gasteiger partial charge in [-0.15, -0.1) is 0 Å². The molecule has 1 amide bonds. The second-order valence-electron chi connectivity index (χ2n) is 4.31. The van der Waals surface area contributed by atoms with Crippen molar-refractivity contribution in [3.8, 4) is 11.3 Å². The lowest BCUT2D eigenvalue weighted by molar-refractivity contribution is -0.123. The molecule has 0 radical (unpaired) electrons. The van der Waals surface area contributed by atoms with Gasteiger partial charge in [0.1, 0.15) is 11.5 Å². The fourth-order valence-corrected chi connectivity index (χ4v) is 3.19. The zero-order chi connectivity index (χ0) is 15.7. The molecule has 0 aliphatic carbocycles. The van der Waals surface area contributed by atoms with E-state index in [9.17, 15) is 4.79 Å². The summed E-state index contributed by atoms with van der Waals surface area (Å²) in [4.78, 5) is 11.6. The van der Waals surface area contributed by atoms with Crippen LogP contribution in [0.4, 0.5) is 0 Å². The number of carbonyl (C=O) groups excluding carboxylic acids is 1. The number of halogens is 2. The van der Waals surface area contributed by atoms with E-state index < -0.39 is 0 Å². The normalized spacial score (nSPS) is 15.3. The standard InChI is InChI=1S/C14H8Cl2N2O2S2/c15-10-3-1-2-9(13(10)16)11-5-4-8(20-11)6-17-18-12(19)7-22-14(18)21/h1-6H,7H2. The molecule has 0 atom stereocenters. The van der Waals surface area contributed by atoms with Crippen LogP contribution in [0.15, 0.2) is 39.9 Å². The summed E-state index contributed by atoms with van der Waals surface area (Å²) in [5, 5.41) is 6.12. The van der Waals surface area contributed by atoms with Crippen LogP contribution in [0.5, 0.6) is 0 Å². The minimum absolute atomic E-state index is 0.143. The lowest BCUT2D eigenvalue weighted by Gasteiger charge is -2.05. The van der Waals surface area contributed by atoms with Crippen LogP contribution in [0.1, 0.15) is 5.76 Å². The quantitative estimate of drug-likeness (QED) is 0.591. The molecule has 1 aromatic carbocycles. The van der Waals surface area contributed by atoms with E-state index in [2.05, 4.69) is 5.10 Å². The van der Waals surface area contributed by atoms with Crippen LogP contribution in [0.2, 0.25) is 10.0 Å². The number of hydrogen-bond donors (Lipinski definition) is 0. The third-order valence-electron chi connectivity index (χ3n) is 2.87. The molecule has 2 heterocycles. The summed E-state index contributed by atoms with van der Waals surface area (Å²) in [6.07, 6.45) is 1.44. The van der Waals surface area contributed by atoms with Crippen LogP contribution in [-0.4, -0.2) is 27.2 Å². The van der Waals surface area contributed by atoms with E-state index in [0.717, 1.165) is 0 Å². The molecule has 1 fully saturated rings. The van der Waals surface area contributed by atoms with Gasteiger partial charge in [0.25, 0.3) is 5.91 Å². The Kier molecular flexibility index (Phi) is 4.54. The van der Waals surface area contributed by atoms with Gasteiger partial charge in [-0.3, -0.25) is 4.79 Å². The first-order valence-electron chi connectivity index (χ1n) is 6.14. The van der Waals surface area contributed by atoms with Crippen LogP contribution in [0.3, 0.4) is 0 Å². The molecule has 2 aromatic rings. The highest BCUT2D eigenvalue weighted by molar-refractivity contribution is 8.23. The summed E-state index contributed by atoms with van der Waals surface area (Å²) in [7, 11) is 0. The number of hydrazone groups is 1. The highest BCUT2D eigenvalue weighted by atomic mass is 35.5. The SMILES string of the molecule is O=C1CSC(=S)N1N=Cc1ccc(-c2cccc(Cl)c2Cl)o1. The molecular weight excluding hydrogens is 363 g/mol. The van der Waals surface area contributed by atoms with Crippen LogP contribution in [0, 0.1) is 0 Å². The molecule has 0 saturated carbocycles. The van der Waals surface area contributed by atoms with E-state index in [1.807, 2.05) is 6.07 Å². The molecule has 0 unspecified atom stereocenters. The third kappa shape index (κ3) is 3.05. The van der Waals surface area contributed by atoms with Gasteiger partial charge in [-0.1, -0.05) is 53.2 Å². The Bertz CT molecular complexity index is 773. The van der Waals surface area contributed by atoms with Crippen molar-refractivity contribution in [1.29, 1.82) is 0 Å². The van der Waals surface area contributed by atoms with E-state index in [1.165, 1.54) is 23.0 Å². The van der Waals surface area contributed by atoms with Crippen molar-refractivity contribution in [3.05, 3.63) is 46.1 Å². The highest BCUT2D eigenvalue weighted by Crippen LogP contribution is 2.34. The zero-order valence-corrected chi connectivity index (χ0v) is 14.1. The number of hydrogen-bond acceptors (Lipinski definition) is 5. The molecule has 0 bridgehead atoms. The molecule has 8 heteroatoms. The smallest absolute Gasteiger partial charge is 0.259 e. The maximum absolute atomic E-state index is 11.6. The summed E-state index contributed by atoms with van der Waals surface area (Å²) >= 11 is 18.5. The number of furan rings is 1. The number of amides is 1. The molecule has 1 aromatic heterocycles. The molecule has 112 valence electrons. The van der Waals surface area contributed by atoms with Crippen LogP contribution in [0.25, 0.3) is 11.3 Å². The topological polar surface area (TPSA) is 45.8 Å². The average molecular weight is 371 g/mol. The van der Waals surface area contributed by atoms with Crippen molar-refractivity contribution < 1.29 is 9.21 Å².